The van der Waals surface area contributed by atoms with E-state index in [0.717, 1.165) is 23.6 Å². The molecule has 0 bridgehead atoms. The number of hydrogen-bond acceptors (Lipinski definition) is 2. The van der Waals surface area contributed by atoms with Gasteiger partial charge in [0.25, 0.3) is 0 Å². The van der Waals surface area contributed by atoms with Crippen LogP contribution in [0.1, 0.15) is 12.7 Å². The lowest BCUT2D eigenvalue weighted by Gasteiger charge is -2.13. The van der Waals surface area contributed by atoms with Crippen LogP contribution in [-0.2, 0) is 12.4 Å². The second kappa shape index (κ2) is 5.93. The molecule has 1 atom stereocenters. The van der Waals surface area contributed by atoms with Gasteiger partial charge in [0.1, 0.15) is 11.3 Å². The fourth-order valence-corrected chi connectivity index (χ4v) is 2.99. The lowest BCUT2D eigenvalue weighted by Crippen LogP contribution is -2.12. The number of alkyl halides is 1. The van der Waals surface area contributed by atoms with Crippen LogP contribution >= 0.6 is 23.4 Å². The van der Waals surface area contributed by atoms with E-state index in [1.807, 2.05) is 22.4 Å². The Labute approximate surface area is 116 Å². The first-order valence-corrected chi connectivity index (χ1v) is 7.78. The SMILES string of the molecule is CSCC(C)Cn1c(CCl)nc2c(F)cccc21. The molecule has 18 heavy (non-hydrogen) atoms. The fourth-order valence-electron chi connectivity index (χ4n) is 2.12. The van der Waals surface area contributed by atoms with Gasteiger partial charge in [-0.3, -0.25) is 0 Å². The molecule has 1 heterocycles. The highest BCUT2D eigenvalue weighted by atomic mass is 35.5. The number of hydrogen-bond donors (Lipinski definition) is 0. The van der Waals surface area contributed by atoms with Gasteiger partial charge in [-0.25, -0.2) is 9.37 Å². The average molecular weight is 287 g/mol. The fraction of sp³-hybridized carbons (Fsp3) is 0.462. The molecule has 1 aromatic heterocycles. The molecule has 0 N–H and O–H groups in total. The quantitative estimate of drug-likeness (QED) is 0.776. The van der Waals surface area contributed by atoms with Crippen molar-refractivity contribution in [2.75, 3.05) is 12.0 Å². The van der Waals surface area contributed by atoms with Crippen molar-refractivity contribution in [3.05, 3.63) is 29.8 Å². The number of rotatable bonds is 5. The summed E-state index contributed by atoms with van der Waals surface area (Å²) in [4.78, 5) is 4.29. The van der Waals surface area contributed by atoms with Crippen molar-refractivity contribution in [2.24, 2.45) is 5.92 Å². The minimum Gasteiger partial charge on any atom is -0.327 e. The molecule has 0 radical (unpaired) electrons. The van der Waals surface area contributed by atoms with Gasteiger partial charge in [0.15, 0.2) is 5.82 Å². The van der Waals surface area contributed by atoms with E-state index in [-0.39, 0.29) is 5.82 Å². The Kier molecular flexibility index (Phi) is 4.51. The monoisotopic (exact) mass is 286 g/mol. The highest BCUT2D eigenvalue weighted by molar-refractivity contribution is 7.98. The van der Waals surface area contributed by atoms with Crippen LogP contribution in [0.25, 0.3) is 11.0 Å². The number of halogens is 2. The summed E-state index contributed by atoms with van der Waals surface area (Å²) >= 11 is 7.72. The Bertz CT molecular complexity index is 541. The van der Waals surface area contributed by atoms with E-state index in [1.165, 1.54) is 6.07 Å². The molecule has 2 nitrogen and oxygen atoms in total. The van der Waals surface area contributed by atoms with Crippen LogP contribution in [0.2, 0.25) is 0 Å². The van der Waals surface area contributed by atoms with E-state index in [2.05, 4.69) is 18.2 Å². The van der Waals surface area contributed by atoms with Crippen LogP contribution in [0.3, 0.4) is 0 Å². The maximum atomic E-state index is 13.7. The number of thioether (sulfide) groups is 1. The van der Waals surface area contributed by atoms with Crippen molar-refractivity contribution < 1.29 is 4.39 Å². The van der Waals surface area contributed by atoms with Gasteiger partial charge in [-0.2, -0.15) is 11.8 Å². The molecule has 1 aromatic carbocycles. The molecule has 2 rings (SSSR count). The molecule has 5 heteroatoms. The van der Waals surface area contributed by atoms with Crippen LogP contribution in [0.15, 0.2) is 18.2 Å². The molecule has 1 unspecified atom stereocenters. The van der Waals surface area contributed by atoms with Crippen LogP contribution in [0.4, 0.5) is 4.39 Å². The van der Waals surface area contributed by atoms with Gasteiger partial charge in [-0.05, 0) is 30.1 Å². The van der Waals surface area contributed by atoms with Crippen LogP contribution in [0, 0.1) is 11.7 Å². The van der Waals surface area contributed by atoms with Gasteiger partial charge in [-0.15, -0.1) is 11.6 Å². The van der Waals surface area contributed by atoms with E-state index in [0.29, 0.717) is 17.3 Å². The molecule has 0 spiro atoms. The van der Waals surface area contributed by atoms with Gasteiger partial charge in [0.05, 0.1) is 11.4 Å². The molecule has 0 saturated carbocycles. The number of benzene rings is 1. The summed E-state index contributed by atoms with van der Waals surface area (Å²) in [5.74, 6) is 2.33. The Hall–Kier alpha value is -0.740. The van der Waals surface area contributed by atoms with Gasteiger partial charge < -0.3 is 4.57 Å². The molecule has 0 saturated heterocycles. The van der Waals surface area contributed by atoms with Gasteiger partial charge in [0, 0.05) is 6.54 Å². The molecule has 0 aliphatic carbocycles. The maximum absolute atomic E-state index is 13.7. The Morgan fingerprint density at radius 3 is 2.94 bits per heavy atom. The molecule has 0 aliphatic heterocycles. The van der Waals surface area contributed by atoms with E-state index < -0.39 is 0 Å². The standard InChI is InChI=1S/C13H16ClFN2S/c1-9(8-18-2)7-17-11-5-3-4-10(15)13(11)16-12(17)6-14/h3-5,9H,6-8H2,1-2H3. The van der Waals surface area contributed by atoms with Crippen molar-refractivity contribution in [3.8, 4) is 0 Å². The van der Waals surface area contributed by atoms with Crippen molar-refractivity contribution in [2.45, 2.75) is 19.3 Å². The molecule has 0 fully saturated rings. The van der Waals surface area contributed by atoms with Gasteiger partial charge in [0.2, 0.25) is 0 Å². The van der Waals surface area contributed by atoms with E-state index in [4.69, 9.17) is 11.6 Å². The lowest BCUT2D eigenvalue weighted by atomic mass is 10.2. The maximum Gasteiger partial charge on any atom is 0.151 e. The third-order valence-corrected chi connectivity index (χ3v) is 4.02. The first kappa shape index (κ1) is 13.7. The Balaban J connectivity index is 2.44. The smallest absolute Gasteiger partial charge is 0.151 e. The molecular weight excluding hydrogens is 271 g/mol. The van der Waals surface area contributed by atoms with E-state index >= 15 is 0 Å². The topological polar surface area (TPSA) is 17.8 Å². The number of aromatic nitrogens is 2. The zero-order valence-corrected chi connectivity index (χ0v) is 12.1. The highest BCUT2D eigenvalue weighted by Crippen LogP contribution is 2.22. The molecule has 0 aliphatic rings. The van der Waals surface area contributed by atoms with Crippen LogP contribution in [0.5, 0.6) is 0 Å². The molecular formula is C13H16ClFN2S. The minimum atomic E-state index is -0.282. The van der Waals surface area contributed by atoms with E-state index in [1.54, 1.807) is 6.07 Å². The number of para-hydroxylation sites is 1. The summed E-state index contributed by atoms with van der Waals surface area (Å²) in [5, 5.41) is 0. The average Bonchev–Trinajstić information content (AvgIpc) is 2.69. The first-order chi connectivity index (χ1) is 8.67. The minimum absolute atomic E-state index is 0.282. The number of imidazole rings is 1. The summed E-state index contributed by atoms with van der Waals surface area (Å²) in [6.07, 6.45) is 2.09. The third-order valence-electron chi connectivity index (χ3n) is 2.87. The Morgan fingerprint density at radius 1 is 1.50 bits per heavy atom. The predicted octanol–water partition coefficient (Wildman–Crippen LogP) is 3.91. The largest absolute Gasteiger partial charge is 0.327 e. The molecule has 0 amide bonds. The second-order valence-corrected chi connectivity index (χ2v) is 5.62. The number of nitrogens with zero attached hydrogens (tertiary/aromatic N) is 2. The van der Waals surface area contributed by atoms with Crippen molar-refractivity contribution in [1.82, 2.24) is 9.55 Å². The zero-order chi connectivity index (χ0) is 13.1. The number of fused-ring (bicyclic) bond motifs is 1. The van der Waals surface area contributed by atoms with Crippen LogP contribution < -0.4 is 0 Å². The normalized spacial score (nSPS) is 13.1. The summed E-state index contributed by atoms with van der Waals surface area (Å²) in [6, 6.07) is 5.05. The second-order valence-electron chi connectivity index (χ2n) is 4.44. The van der Waals surface area contributed by atoms with Crippen LogP contribution in [-0.4, -0.2) is 21.6 Å². The first-order valence-electron chi connectivity index (χ1n) is 5.86. The Morgan fingerprint density at radius 2 is 2.28 bits per heavy atom. The highest BCUT2D eigenvalue weighted by Gasteiger charge is 2.14. The van der Waals surface area contributed by atoms with Gasteiger partial charge in [-0.1, -0.05) is 13.0 Å². The molecule has 2 aromatic rings. The van der Waals surface area contributed by atoms with Crippen molar-refractivity contribution >= 4 is 34.4 Å². The van der Waals surface area contributed by atoms with E-state index in [9.17, 15) is 4.39 Å². The third kappa shape index (κ3) is 2.64. The predicted molar refractivity (Wildman–Crippen MR) is 76.8 cm³/mol. The molecule has 98 valence electrons. The van der Waals surface area contributed by atoms with Crippen molar-refractivity contribution in [3.63, 3.8) is 0 Å². The zero-order valence-electron chi connectivity index (χ0n) is 10.5. The summed E-state index contributed by atoms with van der Waals surface area (Å²) in [5.41, 5.74) is 1.25. The summed E-state index contributed by atoms with van der Waals surface area (Å²) in [6.45, 7) is 3.00. The van der Waals surface area contributed by atoms with Crippen molar-refractivity contribution in [1.29, 1.82) is 0 Å². The lowest BCUT2D eigenvalue weighted by molar-refractivity contribution is 0.530. The summed E-state index contributed by atoms with van der Waals surface area (Å²) < 4.78 is 15.7. The van der Waals surface area contributed by atoms with Gasteiger partial charge >= 0.3 is 0 Å². The summed E-state index contributed by atoms with van der Waals surface area (Å²) in [7, 11) is 0.